The lowest BCUT2D eigenvalue weighted by Crippen LogP contribution is -2.37. The summed E-state index contributed by atoms with van der Waals surface area (Å²) in [5.74, 6) is 0.977. The van der Waals surface area contributed by atoms with Crippen LogP contribution in [0.1, 0.15) is 68.8 Å². The van der Waals surface area contributed by atoms with E-state index in [0.717, 1.165) is 48.2 Å². The monoisotopic (exact) mass is 340 g/mol. The lowest BCUT2D eigenvalue weighted by Gasteiger charge is -2.27. The van der Waals surface area contributed by atoms with Crippen LogP contribution in [-0.2, 0) is 6.54 Å². The predicted octanol–water partition coefficient (Wildman–Crippen LogP) is 4.66. The number of hydrogen-bond donors (Lipinski definition) is 1. The summed E-state index contributed by atoms with van der Waals surface area (Å²) in [5, 5.41) is 4.41. The van der Waals surface area contributed by atoms with Gasteiger partial charge in [0.2, 0.25) is 0 Å². The molecule has 1 fully saturated rings. The lowest BCUT2D eigenvalue weighted by molar-refractivity contribution is 0.0914. The van der Waals surface area contributed by atoms with Gasteiger partial charge >= 0.3 is 0 Å². The van der Waals surface area contributed by atoms with Crippen LogP contribution in [0.4, 0.5) is 0 Å². The van der Waals surface area contributed by atoms with E-state index in [-0.39, 0.29) is 12.0 Å². The number of carbonyl (C=O) groups excluding carboxylic acids is 1. The fourth-order valence-electron chi connectivity index (χ4n) is 4.26. The van der Waals surface area contributed by atoms with Crippen LogP contribution in [-0.4, -0.2) is 22.6 Å². The molecule has 0 saturated heterocycles. The van der Waals surface area contributed by atoms with Gasteiger partial charge in [-0.2, -0.15) is 0 Å². The van der Waals surface area contributed by atoms with Gasteiger partial charge in [-0.05, 0) is 31.4 Å². The second-order valence-corrected chi connectivity index (χ2v) is 7.50. The van der Waals surface area contributed by atoms with Crippen LogP contribution in [0, 0.1) is 0 Å². The number of para-hydroxylation sites is 1. The van der Waals surface area contributed by atoms with Crippen LogP contribution >= 0.6 is 0 Å². The summed E-state index contributed by atoms with van der Waals surface area (Å²) >= 11 is 0. The van der Waals surface area contributed by atoms with Gasteiger partial charge in [0.05, 0.1) is 12.1 Å². The number of carbonyl (C=O) groups is 1. The Hall–Kier alpha value is -1.97. The first kappa shape index (κ1) is 16.5. The molecule has 4 rings (SSSR count). The van der Waals surface area contributed by atoms with E-state index < -0.39 is 0 Å². The molecule has 0 unspecified atom stereocenters. The molecule has 2 aliphatic rings. The maximum absolute atomic E-state index is 13.0. The SMILES string of the molecule is CC[C@@H]1Cn2c(C(=O)NC3CCCCCCC3)cc3cccc(c32)O1. The number of aromatic nitrogens is 1. The maximum Gasteiger partial charge on any atom is 0.268 e. The van der Waals surface area contributed by atoms with Crippen molar-refractivity contribution in [3.05, 3.63) is 30.0 Å². The van der Waals surface area contributed by atoms with Gasteiger partial charge in [0.15, 0.2) is 0 Å². The zero-order valence-corrected chi connectivity index (χ0v) is 15.1. The summed E-state index contributed by atoms with van der Waals surface area (Å²) < 4.78 is 8.24. The third kappa shape index (κ3) is 3.26. The van der Waals surface area contributed by atoms with Crippen molar-refractivity contribution in [2.75, 3.05) is 0 Å². The van der Waals surface area contributed by atoms with Crippen LogP contribution < -0.4 is 10.1 Å². The average molecular weight is 340 g/mol. The van der Waals surface area contributed by atoms with E-state index in [0.29, 0.717) is 6.04 Å². The maximum atomic E-state index is 13.0. The summed E-state index contributed by atoms with van der Waals surface area (Å²) in [6, 6.07) is 8.43. The highest BCUT2D eigenvalue weighted by molar-refractivity contribution is 6.00. The molecular formula is C21H28N2O2. The molecule has 25 heavy (non-hydrogen) atoms. The number of rotatable bonds is 3. The number of nitrogens with zero attached hydrogens (tertiary/aromatic N) is 1. The fraction of sp³-hybridized carbons (Fsp3) is 0.571. The quantitative estimate of drug-likeness (QED) is 0.883. The van der Waals surface area contributed by atoms with E-state index in [1.54, 1.807) is 0 Å². The molecule has 0 bridgehead atoms. The van der Waals surface area contributed by atoms with Gasteiger partial charge in [-0.25, -0.2) is 0 Å². The number of amides is 1. The summed E-state index contributed by atoms with van der Waals surface area (Å²) in [4.78, 5) is 13.0. The van der Waals surface area contributed by atoms with Gasteiger partial charge in [-0.3, -0.25) is 4.79 Å². The Morgan fingerprint density at radius 2 is 1.96 bits per heavy atom. The van der Waals surface area contributed by atoms with E-state index in [1.165, 1.54) is 32.1 Å². The minimum absolute atomic E-state index is 0.0736. The van der Waals surface area contributed by atoms with E-state index >= 15 is 0 Å². The normalized spacial score (nSPS) is 21.4. The highest BCUT2D eigenvalue weighted by Crippen LogP contribution is 2.34. The summed E-state index contributed by atoms with van der Waals surface area (Å²) in [6.45, 7) is 2.89. The highest BCUT2D eigenvalue weighted by atomic mass is 16.5. The molecule has 0 radical (unpaired) electrons. The fourth-order valence-corrected chi connectivity index (χ4v) is 4.26. The van der Waals surface area contributed by atoms with E-state index in [4.69, 9.17) is 4.74 Å². The Morgan fingerprint density at radius 3 is 2.72 bits per heavy atom. The van der Waals surface area contributed by atoms with Crippen molar-refractivity contribution < 1.29 is 9.53 Å². The van der Waals surface area contributed by atoms with Crippen molar-refractivity contribution in [1.29, 1.82) is 0 Å². The van der Waals surface area contributed by atoms with Crippen molar-refractivity contribution in [2.24, 2.45) is 0 Å². The van der Waals surface area contributed by atoms with Gasteiger partial charge in [0.25, 0.3) is 5.91 Å². The van der Waals surface area contributed by atoms with Crippen LogP contribution in [0.2, 0.25) is 0 Å². The third-order valence-electron chi connectivity index (χ3n) is 5.69. The molecule has 4 nitrogen and oxygen atoms in total. The molecule has 1 atom stereocenters. The molecule has 1 N–H and O–H groups in total. The standard InChI is InChI=1S/C21H28N2O2/c1-2-17-14-23-18(13-15-9-8-12-19(25-17)20(15)23)21(24)22-16-10-6-4-3-5-7-11-16/h8-9,12-13,16-17H,2-7,10-11,14H2,1H3,(H,22,24)/t17-/m1/s1. The molecular weight excluding hydrogens is 312 g/mol. The Balaban J connectivity index is 1.61. The van der Waals surface area contributed by atoms with Gasteiger partial charge in [0.1, 0.15) is 17.5 Å². The van der Waals surface area contributed by atoms with Crippen LogP contribution in [0.25, 0.3) is 10.9 Å². The molecule has 1 aliphatic carbocycles. The van der Waals surface area contributed by atoms with Gasteiger partial charge in [-0.15, -0.1) is 0 Å². The van der Waals surface area contributed by atoms with Crippen molar-refractivity contribution >= 4 is 16.8 Å². The Morgan fingerprint density at radius 1 is 1.20 bits per heavy atom. The molecule has 1 aromatic carbocycles. The summed E-state index contributed by atoms with van der Waals surface area (Å²) in [5.41, 5.74) is 1.85. The zero-order chi connectivity index (χ0) is 17.2. The number of ether oxygens (including phenoxy) is 1. The molecule has 1 aromatic heterocycles. The first-order valence-electron chi connectivity index (χ1n) is 9.86. The molecule has 1 amide bonds. The Bertz CT molecular complexity index is 757. The second-order valence-electron chi connectivity index (χ2n) is 7.50. The van der Waals surface area contributed by atoms with Crippen molar-refractivity contribution in [3.63, 3.8) is 0 Å². The Kier molecular flexibility index (Phi) is 4.69. The Labute approximate surface area is 149 Å². The highest BCUT2D eigenvalue weighted by Gasteiger charge is 2.26. The first-order valence-corrected chi connectivity index (χ1v) is 9.86. The van der Waals surface area contributed by atoms with Crippen molar-refractivity contribution in [3.8, 4) is 5.75 Å². The van der Waals surface area contributed by atoms with Crippen LogP contribution in [0.5, 0.6) is 5.75 Å². The molecule has 0 spiro atoms. The summed E-state index contributed by atoms with van der Waals surface area (Å²) in [6.07, 6.45) is 9.69. The minimum atomic E-state index is 0.0736. The topological polar surface area (TPSA) is 43.3 Å². The van der Waals surface area contributed by atoms with Crippen molar-refractivity contribution in [2.45, 2.75) is 77.0 Å². The third-order valence-corrected chi connectivity index (χ3v) is 5.69. The van der Waals surface area contributed by atoms with Gasteiger partial charge < -0.3 is 14.6 Å². The molecule has 2 aromatic rings. The molecule has 2 heterocycles. The molecule has 1 aliphatic heterocycles. The van der Waals surface area contributed by atoms with E-state index in [9.17, 15) is 4.79 Å². The van der Waals surface area contributed by atoms with E-state index in [2.05, 4.69) is 22.9 Å². The summed E-state index contributed by atoms with van der Waals surface area (Å²) in [7, 11) is 0. The van der Waals surface area contributed by atoms with Crippen molar-refractivity contribution in [1.82, 2.24) is 9.88 Å². The lowest BCUT2D eigenvalue weighted by atomic mass is 9.96. The van der Waals surface area contributed by atoms with Crippen LogP contribution in [0.3, 0.4) is 0 Å². The smallest absolute Gasteiger partial charge is 0.268 e. The van der Waals surface area contributed by atoms with Crippen LogP contribution in [0.15, 0.2) is 24.3 Å². The predicted molar refractivity (Wildman–Crippen MR) is 100 cm³/mol. The first-order chi connectivity index (χ1) is 12.3. The van der Waals surface area contributed by atoms with Gasteiger partial charge in [0, 0.05) is 11.4 Å². The molecule has 134 valence electrons. The number of benzene rings is 1. The number of nitrogens with one attached hydrogen (secondary N) is 1. The number of hydrogen-bond acceptors (Lipinski definition) is 2. The van der Waals surface area contributed by atoms with E-state index in [1.807, 2.05) is 18.2 Å². The molecule has 4 heteroatoms. The zero-order valence-electron chi connectivity index (χ0n) is 15.1. The van der Waals surface area contributed by atoms with Gasteiger partial charge in [-0.1, -0.05) is 51.2 Å². The average Bonchev–Trinajstić information content (AvgIpc) is 2.97. The second kappa shape index (κ2) is 7.11. The largest absolute Gasteiger partial charge is 0.486 e. The minimum Gasteiger partial charge on any atom is -0.486 e. The molecule has 1 saturated carbocycles.